The second-order valence-corrected chi connectivity index (χ2v) is 10.6. The van der Waals surface area contributed by atoms with E-state index in [-0.39, 0.29) is 16.3 Å². The molecule has 1 N–H and O–H groups in total. The molecule has 0 bridgehead atoms. The van der Waals surface area contributed by atoms with E-state index in [2.05, 4.69) is 4.72 Å². The Bertz CT molecular complexity index is 1320. The molecule has 1 unspecified atom stereocenters. The molecular formula is C26H29NO8S2. The molecule has 0 radical (unpaired) electrons. The highest BCUT2D eigenvalue weighted by atomic mass is 32.2. The lowest BCUT2D eigenvalue weighted by atomic mass is 10.1. The van der Waals surface area contributed by atoms with Crippen LogP contribution >= 0.6 is 0 Å². The maximum absolute atomic E-state index is 12.9. The molecule has 3 rings (SSSR count). The molecule has 0 amide bonds. The van der Waals surface area contributed by atoms with Crippen molar-refractivity contribution in [2.45, 2.75) is 10.6 Å². The van der Waals surface area contributed by atoms with Crippen LogP contribution in [0, 0.1) is 0 Å². The Morgan fingerprint density at radius 2 is 1.38 bits per heavy atom. The third-order valence-electron chi connectivity index (χ3n) is 5.33. The molecule has 0 saturated carbocycles. The topological polar surface area (TPSA) is 115 Å². The Morgan fingerprint density at radius 1 is 0.784 bits per heavy atom. The average molecular weight is 548 g/mol. The van der Waals surface area contributed by atoms with Crippen LogP contribution in [0.15, 0.2) is 64.9 Å². The number of nitrogens with one attached hydrogen (secondary N) is 1. The summed E-state index contributed by atoms with van der Waals surface area (Å²) < 4.78 is 67.8. The molecule has 3 aromatic rings. The lowest BCUT2D eigenvalue weighted by molar-refractivity contribution is 0.374. The summed E-state index contributed by atoms with van der Waals surface area (Å²) in [6.45, 7) is 0. The lowest BCUT2D eigenvalue weighted by Crippen LogP contribution is -2.14. The molecule has 0 spiro atoms. The van der Waals surface area contributed by atoms with Crippen LogP contribution in [-0.2, 0) is 27.0 Å². The van der Waals surface area contributed by atoms with E-state index in [0.29, 0.717) is 39.9 Å². The monoisotopic (exact) mass is 547 g/mol. The Hall–Kier alpha value is -3.54. The molecule has 0 aliphatic heterocycles. The van der Waals surface area contributed by atoms with E-state index in [1.54, 1.807) is 55.7 Å². The van der Waals surface area contributed by atoms with Crippen molar-refractivity contribution in [3.63, 3.8) is 0 Å². The van der Waals surface area contributed by atoms with Crippen LogP contribution in [0.1, 0.15) is 11.1 Å². The molecule has 37 heavy (non-hydrogen) atoms. The van der Waals surface area contributed by atoms with Gasteiger partial charge in [-0.1, -0.05) is 6.07 Å². The number of methoxy groups -OCH3 is 5. The molecule has 0 fully saturated rings. The van der Waals surface area contributed by atoms with Crippen molar-refractivity contribution in [1.82, 2.24) is 0 Å². The van der Waals surface area contributed by atoms with Crippen LogP contribution in [0.2, 0.25) is 0 Å². The fourth-order valence-electron chi connectivity index (χ4n) is 3.44. The van der Waals surface area contributed by atoms with E-state index in [4.69, 9.17) is 23.7 Å². The van der Waals surface area contributed by atoms with Crippen LogP contribution in [0.4, 0.5) is 5.69 Å². The molecule has 0 aliphatic carbocycles. The van der Waals surface area contributed by atoms with Crippen molar-refractivity contribution in [3.05, 3.63) is 71.1 Å². The normalized spacial score (nSPS) is 12.2. The largest absolute Gasteiger partial charge is 0.612 e. The quantitative estimate of drug-likeness (QED) is 0.331. The summed E-state index contributed by atoms with van der Waals surface area (Å²) in [6, 6.07) is 14.4. The van der Waals surface area contributed by atoms with Crippen LogP contribution in [-0.4, -0.2) is 48.5 Å². The Labute approximate surface area is 220 Å². The van der Waals surface area contributed by atoms with Crippen molar-refractivity contribution in [1.29, 1.82) is 0 Å². The van der Waals surface area contributed by atoms with Gasteiger partial charge in [-0.3, -0.25) is 4.72 Å². The predicted octanol–water partition coefficient (Wildman–Crippen LogP) is 4.45. The van der Waals surface area contributed by atoms with E-state index in [1.807, 2.05) is 0 Å². The second-order valence-electron chi connectivity index (χ2n) is 7.59. The summed E-state index contributed by atoms with van der Waals surface area (Å²) in [5, 5.41) is 1.53. The molecule has 11 heteroatoms. The molecule has 9 nitrogen and oxygen atoms in total. The minimum Gasteiger partial charge on any atom is -0.612 e. The number of ether oxygens (including phenoxy) is 5. The van der Waals surface area contributed by atoms with Gasteiger partial charge in [0.15, 0.2) is 0 Å². The van der Waals surface area contributed by atoms with Gasteiger partial charge in [0.2, 0.25) is 0 Å². The van der Waals surface area contributed by atoms with Crippen molar-refractivity contribution in [3.8, 4) is 28.7 Å². The summed E-state index contributed by atoms with van der Waals surface area (Å²) in [6.07, 6.45) is 1.66. The number of hydrogen-bond acceptors (Lipinski definition) is 8. The summed E-state index contributed by atoms with van der Waals surface area (Å²) in [5.41, 5.74) is 1.49. The van der Waals surface area contributed by atoms with E-state index in [0.717, 1.165) is 0 Å². The zero-order chi connectivity index (χ0) is 27.0. The summed E-state index contributed by atoms with van der Waals surface area (Å²) in [4.78, 5) is 0.0645. The molecule has 0 heterocycles. The number of rotatable bonds is 12. The third-order valence-corrected chi connectivity index (χ3v) is 7.77. The predicted molar refractivity (Wildman–Crippen MR) is 144 cm³/mol. The Morgan fingerprint density at radius 3 is 1.92 bits per heavy atom. The van der Waals surface area contributed by atoms with Gasteiger partial charge < -0.3 is 28.2 Å². The van der Waals surface area contributed by atoms with Gasteiger partial charge in [0.25, 0.3) is 10.0 Å². The molecule has 0 aliphatic rings. The van der Waals surface area contributed by atoms with Gasteiger partial charge in [-0.25, -0.2) is 8.42 Å². The van der Waals surface area contributed by atoms with E-state index in [1.165, 1.54) is 46.0 Å². The summed E-state index contributed by atoms with van der Waals surface area (Å²) >= 11 is -1.43. The molecule has 198 valence electrons. The molecular weight excluding hydrogens is 518 g/mol. The average Bonchev–Trinajstić information content (AvgIpc) is 2.91. The highest BCUT2D eigenvalue weighted by Gasteiger charge is 2.18. The number of sulfonamides is 1. The van der Waals surface area contributed by atoms with Gasteiger partial charge in [-0.05, 0) is 47.6 Å². The zero-order valence-corrected chi connectivity index (χ0v) is 22.8. The Balaban J connectivity index is 1.81. The van der Waals surface area contributed by atoms with Crippen molar-refractivity contribution < 1.29 is 36.7 Å². The number of anilines is 1. The smallest absolute Gasteiger partial charge is 0.262 e. The van der Waals surface area contributed by atoms with Gasteiger partial charge >= 0.3 is 0 Å². The third kappa shape index (κ3) is 7.03. The van der Waals surface area contributed by atoms with Gasteiger partial charge in [0.1, 0.15) is 39.9 Å². The van der Waals surface area contributed by atoms with Crippen LogP contribution in [0.5, 0.6) is 28.7 Å². The first kappa shape index (κ1) is 28.0. The first-order chi connectivity index (χ1) is 17.7. The summed E-state index contributed by atoms with van der Waals surface area (Å²) in [7, 11) is 3.63. The lowest BCUT2D eigenvalue weighted by Gasteiger charge is -2.14. The van der Waals surface area contributed by atoms with E-state index < -0.39 is 21.2 Å². The second kappa shape index (κ2) is 12.6. The molecule has 1 atom stereocenters. The fraction of sp³-hybridized carbons (Fsp3) is 0.231. The van der Waals surface area contributed by atoms with Crippen LogP contribution in [0.25, 0.3) is 6.08 Å². The molecule has 0 saturated heterocycles. The standard InChI is InChI=1S/C26H29NO8S2/c1-31-19-7-9-21(10-8-19)37(29,30)27-23-14-18(6-11-24(23)33-3)17-36(28)13-12-22-25(34-4)15-20(32-2)16-26(22)35-5/h6-16,27H,17H2,1-5H3/b13-12+. The number of hydrogen-bond donors (Lipinski definition) is 1. The SMILES string of the molecule is COc1ccc(S(=O)(=O)Nc2cc(C[S+]([O-])/C=C/c3c(OC)cc(OC)cc3OC)ccc2OC)cc1. The zero-order valence-electron chi connectivity index (χ0n) is 21.1. The minimum absolute atomic E-state index is 0.0645. The molecule has 0 aromatic heterocycles. The van der Waals surface area contributed by atoms with Gasteiger partial charge in [0, 0.05) is 23.8 Å². The van der Waals surface area contributed by atoms with Gasteiger partial charge in [-0.15, -0.1) is 0 Å². The van der Waals surface area contributed by atoms with E-state index >= 15 is 0 Å². The minimum atomic E-state index is -3.90. The first-order valence-corrected chi connectivity index (χ1v) is 13.8. The maximum atomic E-state index is 12.9. The number of benzene rings is 3. The first-order valence-electron chi connectivity index (χ1n) is 10.9. The van der Waals surface area contributed by atoms with E-state index in [9.17, 15) is 13.0 Å². The van der Waals surface area contributed by atoms with Crippen molar-refractivity contribution >= 4 is 33.0 Å². The van der Waals surface area contributed by atoms with Gasteiger partial charge in [0.05, 0.1) is 51.7 Å². The summed E-state index contributed by atoms with van der Waals surface area (Å²) in [5.74, 6) is 2.58. The van der Waals surface area contributed by atoms with Crippen molar-refractivity contribution in [2.24, 2.45) is 0 Å². The maximum Gasteiger partial charge on any atom is 0.262 e. The van der Waals surface area contributed by atoms with Gasteiger partial charge in [-0.2, -0.15) is 0 Å². The van der Waals surface area contributed by atoms with Crippen LogP contribution < -0.4 is 28.4 Å². The Kier molecular flexibility index (Phi) is 9.56. The highest BCUT2D eigenvalue weighted by molar-refractivity contribution is 7.93. The molecule has 3 aromatic carbocycles. The van der Waals surface area contributed by atoms with Crippen LogP contribution in [0.3, 0.4) is 0 Å². The highest BCUT2D eigenvalue weighted by Crippen LogP contribution is 2.35. The fourth-order valence-corrected chi connectivity index (χ4v) is 5.39. The van der Waals surface area contributed by atoms with Crippen molar-refractivity contribution in [2.75, 3.05) is 40.3 Å².